The molecule has 0 rings (SSSR count). The van der Waals surface area contributed by atoms with E-state index in [0.717, 1.165) is 25.7 Å². The minimum atomic E-state index is -2.95. The van der Waals surface area contributed by atoms with E-state index in [2.05, 4.69) is 0 Å². The second-order valence-corrected chi connectivity index (χ2v) is 10.3. The Morgan fingerprint density at radius 3 is 1.95 bits per heavy atom. The third-order valence-electron chi connectivity index (χ3n) is 2.83. The molecular weight excluding hydrogens is 347 g/mol. The fourth-order valence-electron chi connectivity index (χ4n) is 1.59. The van der Waals surface area contributed by atoms with Crippen LogP contribution in [0.15, 0.2) is 0 Å². The zero-order valence-electron chi connectivity index (χ0n) is 12.9. The minimum absolute atomic E-state index is 0.325. The average molecular weight is 377 g/mol. The number of aliphatic hydroxyl groups is 1. The number of aliphatic hydroxyl groups excluding tert-OH is 1. The van der Waals surface area contributed by atoms with Crippen molar-refractivity contribution in [1.29, 1.82) is 0 Å². The minimum Gasteiger partial charge on any atom is -0.396 e. The largest absolute Gasteiger partial charge is 0.396 e. The van der Waals surface area contributed by atoms with Crippen LogP contribution in [0.2, 0.25) is 0 Å². The Kier molecular flexibility index (Phi) is 17.0. The maximum Gasteiger partial charge on any atom is 0.324 e. The summed E-state index contributed by atoms with van der Waals surface area (Å²) in [6, 6.07) is 0. The lowest BCUT2D eigenvalue weighted by atomic mass is 10.2. The van der Waals surface area contributed by atoms with E-state index >= 15 is 0 Å². The zero-order chi connectivity index (χ0) is 15.8. The molecule has 0 aliphatic carbocycles. The van der Waals surface area contributed by atoms with Gasteiger partial charge in [-0.2, -0.15) is 0 Å². The summed E-state index contributed by atoms with van der Waals surface area (Å²) in [5.41, 5.74) is 0. The molecule has 0 aromatic carbocycles. The molecule has 0 aromatic heterocycles. The van der Waals surface area contributed by atoms with Crippen LogP contribution < -0.4 is 0 Å². The van der Waals surface area contributed by atoms with Gasteiger partial charge in [0, 0.05) is 25.2 Å². The molecule has 0 aromatic rings. The van der Waals surface area contributed by atoms with E-state index < -0.39 is 6.72 Å². The van der Waals surface area contributed by atoms with E-state index in [-0.39, 0.29) is 0 Å². The van der Waals surface area contributed by atoms with Gasteiger partial charge in [0.1, 0.15) is 0 Å². The highest BCUT2D eigenvalue weighted by atomic mass is 33.1. The summed E-state index contributed by atoms with van der Waals surface area (Å²) >= 11 is 4.74. The van der Waals surface area contributed by atoms with Crippen LogP contribution in [0.3, 0.4) is 0 Å². The molecular formula is C13H29O4PS3. The molecule has 0 fully saturated rings. The van der Waals surface area contributed by atoms with Gasteiger partial charge in [-0.3, -0.25) is 0 Å². The van der Waals surface area contributed by atoms with Crippen molar-refractivity contribution < 1.29 is 19.0 Å². The van der Waals surface area contributed by atoms with Crippen LogP contribution in [0.4, 0.5) is 0 Å². The lowest BCUT2D eigenvalue weighted by Gasteiger charge is -2.12. The topological polar surface area (TPSA) is 58.9 Å². The average Bonchev–Trinajstić information content (AvgIpc) is 2.47. The van der Waals surface area contributed by atoms with E-state index in [1.165, 1.54) is 44.3 Å². The molecule has 0 heterocycles. The molecule has 21 heavy (non-hydrogen) atoms. The van der Waals surface area contributed by atoms with Crippen LogP contribution in [-0.4, -0.2) is 41.8 Å². The predicted molar refractivity (Wildman–Crippen MR) is 98.4 cm³/mol. The standard InChI is InChI=1S/C13H29O4PS3/c1-16-18(15,19)17-11-7-3-5-9-13-21-20-12-8-4-2-6-10-14/h14H,2-13H2,1H3,(H,15,19). The van der Waals surface area contributed by atoms with Gasteiger partial charge < -0.3 is 19.0 Å². The van der Waals surface area contributed by atoms with E-state index in [1.54, 1.807) is 0 Å². The molecule has 2 N–H and O–H groups in total. The molecule has 0 bridgehead atoms. The molecule has 1 unspecified atom stereocenters. The molecule has 0 radical (unpaired) electrons. The normalized spacial score (nSPS) is 14.2. The van der Waals surface area contributed by atoms with E-state index in [9.17, 15) is 4.89 Å². The number of hydrogen-bond acceptors (Lipinski definition) is 6. The molecule has 4 nitrogen and oxygen atoms in total. The fraction of sp³-hybridized carbons (Fsp3) is 1.00. The number of rotatable bonds is 16. The van der Waals surface area contributed by atoms with E-state index in [4.69, 9.17) is 26.0 Å². The van der Waals surface area contributed by atoms with Crippen LogP contribution in [0.5, 0.6) is 0 Å². The second kappa shape index (κ2) is 16.1. The third kappa shape index (κ3) is 17.4. The molecule has 0 saturated carbocycles. The Hall–Kier alpha value is 1.19. The predicted octanol–water partition coefficient (Wildman–Crippen LogP) is 4.36. The summed E-state index contributed by atoms with van der Waals surface area (Å²) in [6.07, 6.45) is 9.01. The van der Waals surface area contributed by atoms with Crippen molar-refractivity contribution >= 4 is 40.1 Å². The van der Waals surface area contributed by atoms with Gasteiger partial charge in [-0.25, -0.2) is 0 Å². The maximum absolute atomic E-state index is 9.38. The zero-order valence-corrected chi connectivity index (χ0v) is 16.2. The van der Waals surface area contributed by atoms with Gasteiger partial charge >= 0.3 is 6.72 Å². The van der Waals surface area contributed by atoms with Gasteiger partial charge in [0.05, 0.1) is 6.61 Å². The van der Waals surface area contributed by atoms with Crippen molar-refractivity contribution in [2.75, 3.05) is 31.8 Å². The van der Waals surface area contributed by atoms with E-state index in [1.807, 2.05) is 21.6 Å². The van der Waals surface area contributed by atoms with Crippen LogP contribution in [0, 0.1) is 0 Å². The summed E-state index contributed by atoms with van der Waals surface area (Å²) in [5, 5.41) is 8.66. The lowest BCUT2D eigenvalue weighted by Crippen LogP contribution is -1.94. The summed E-state index contributed by atoms with van der Waals surface area (Å²) in [7, 11) is 5.29. The highest BCUT2D eigenvalue weighted by Gasteiger charge is 2.10. The molecule has 0 spiro atoms. The molecule has 1 atom stereocenters. The van der Waals surface area contributed by atoms with Crippen molar-refractivity contribution in [3.8, 4) is 0 Å². The second-order valence-electron chi connectivity index (χ2n) is 4.68. The van der Waals surface area contributed by atoms with Gasteiger partial charge in [0.2, 0.25) is 0 Å². The van der Waals surface area contributed by atoms with Gasteiger partial charge in [-0.1, -0.05) is 47.3 Å². The van der Waals surface area contributed by atoms with Crippen LogP contribution >= 0.6 is 28.3 Å². The van der Waals surface area contributed by atoms with Crippen molar-refractivity contribution in [2.24, 2.45) is 0 Å². The summed E-state index contributed by atoms with van der Waals surface area (Å²) in [6.45, 7) is -2.14. The SMILES string of the molecule is COP(O)(=S)OCCCCCCSSCCCCCCO. The quantitative estimate of drug-likeness (QED) is 0.236. The summed E-state index contributed by atoms with van der Waals surface area (Å²) in [4.78, 5) is 9.38. The highest BCUT2D eigenvalue weighted by molar-refractivity contribution is 8.76. The van der Waals surface area contributed by atoms with Crippen LogP contribution in [0.25, 0.3) is 0 Å². The Balaban J connectivity index is 3.08. The molecule has 0 saturated heterocycles. The van der Waals surface area contributed by atoms with E-state index in [0.29, 0.717) is 13.2 Å². The smallest absolute Gasteiger partial charge is 0.324 e. The Morgan fingerprint density at radius 1 is 0.905 bits per heavy atom. The molecule has 0 aliphatic rings. The molecule has 8 heteroatoms. The first kappa shape index (κ1) is 22.2. The van der Waals surface area contributed by atoms with Gasteiger partial charge in [-0.15, -0.1) is 0 Å². The van der Waals surface area contributed by atoms with Crippen LogP contribution in [0.1, 0.15) is 51.4 Å². The van der Waals surface area contributed by atoms with Crippen molar-refractivity contribution in [3.05, 3.63) is 0 Å². The van der Waals surface area contributed by atoms with Crippen molar-refractivity contribution in [3.63, 3.8) is 0 Å². The van der Waals surface area contributed by atoms with Crippen LogP contribution in [-0.2, 0) is 20.9 Å². The van der Waals surface area contributed by atoms with Gasteiger partial charge in [-0.05, 0) is 37.5 Å². The Labute approximate surface area is 142 Å². The first-order chi connectivity index (χ1) is 10.1. The third-order valence-corrected chi connectivity index (χ3v) is 7.14. The van der Waals surface area contributed by atoms with Crippen molar-refractivity contribution in [1.82, 2.24) is 0 Å². The number of unbranched alkanes of at least 4 members (excludes halogenated alkanes) is 6. The van der Waals surface area contributed by atoms with Gasteiger partial charge in [0.25, 0.3) is 0 Å². The summed E-state index contributed by atoms with van der Waals surface area (Å²) in [5.74, 6) is 2.40. The Morgan fingerprint density at radius 2 is 1.43 bits per heavy atom. The van der Waals surface area contributed by atoms with Gasteiger partial charge in [0.15, 0.2) is 0 Å². The molecule has 128 valence electrons. The summed E-state index contributed by atoms with van der Waals surface area (Å²) < 4.78 is 9.80. The van der Waals surface area contributed by atoms with Crippen molar-refractivity contribution in [2.45, 2.75) is 51.4 Å². The molecule has 0 aliphatic heterocycles. The number of hydrogen-bond donors (Lipinski definition) is 2. The maximum atomic E-state index is 9.38. The Bertz CT molecular complexity index is 270. The monoisotopic (exact) mass is 376 g/mol. The fourth-order valence-corrected chi connectivity index (χ4v) is 4.58. The first-order valence-electron chi connectivity index (χ1n) is 7.50. The first-order valence-corrected chi connectivity index (χ1v) is 12.6. The molecule has 0 amide bonds. The highest BCUT2D eigenvalue weighted by Crippen LogP contribution is 2.42. The lowest BCUT2D eigenvalue weighted by molar-refractivity contribution is 0.221.